The van der Waals surface area contributed by atoms with Crippen LogP contribution in [0.3, 0.4) is 0 Å². The summed E-state index contributed by atoms with van der Waals surface area (Å²) in [6.45, 7) is 4.55. The van der Waals surface area contributed by atoms with E-state index in [9.17, 15) is 4.79 Å². The van der Waals surface area contributed by atoms with Crippen molar-refractivity contribution in [2.75, 3.05) is 5.32 Å². The Balaban J connectivity index is 1.66. The molecule has 5 rings (SSSR count). The lowest BCUT2D eigenvalue weighted by Crippen LogP contribution is -2.38. The number of benzene rings is 3. The van der Waals surface area contributed by atoms with E-state index in [0.717, 1.165) is 39.3 Å². The number of urea groups is 1. The molecule has 1 aliphatic heterocycles. The van der Waals surface area contributed by atoms with Gasteiger partial charge >= 0.3 is 6.03 Å². The number of carbonyl (C=O) groups excluding carboxylic acids is 1. The monoisotopic (exact) mass is 441 g/mol. The van der Waals surface area contributed by atoms with Crippen LogP contribution in [0.5, 0.6) is 0 Å². The first-order valence-corrected chi connectivity index (χ1v) is 11.1. The van der Waals surface area contributed by atoms with Gasteiger partial charge in [-0.05, 0) is 66.4 Å². The number of hydrogen-bond donors (Lipinski definition) is 1. The number of nitrogens with zero attached hydrogens (tertiary/aromatic N) is 2. The summed E-state index contributed by atoms with van der Waals surface area (Å²) < 4.78 is 2.20. The first kappa shape index (κ1) is 20.4. The highest BCUT2D eigenvalue weighted by molar-refractivity contribution is 6.31. The van der Waals surface area contributed by atoms with E-state index in [4.69, 9.17) is 11.6 Å². The van der Waals surface area contributed by atoms with Crippen LogP contribution in [0.2, 0.25) is 5.02 Å². The third-order valence-electron chi connectivity index (χ3n) is 6.15. The van der Waals surface area contributed by atoms with Gasteiger partial charge in [-0.2, -0.15) is 0 Å². The van der Waals surface area contributed by atoms with Crippen LogP contribution in [0.15, 0.2) is 85.1 Å². The van der Waals surface area contributed by atoms with E-state index in [-0.39, 0.29) is 12.1 Å². The minimum absolute atomic E-state index is 0.159. The number of nitrogens with one attached hydrogen (secondary N) is 1. The minimum atomic E-state index is -0.238. The van der Waals surface area contributed by atoms with Gasteiger partial charge in [-0.3, -0.25) is 0 Å². The number of rotatable bonds is 2. The van der Waals surface area contributed by atoms with Crippen molar-refractivity contribution >= 4 is 23.3 Å². The Kier molecular flexibility index (Phi) is 5.24. The van der Waals surface area contributed by atoms with Crippen LogP contribution >= 0.6 is 11.6 Å². The quantitative estimate of drug-likeness (QED) is 0.361. The highest BCUT2D eigenvalue weighted by Gasteiger charge is 2.33. The molecule has 0 fully saturated rings. The van der Waals surface area contributed by atoms with E-state index < -0.39 is 0 Å². The van der Waals surface area contributed by atoms with Gasteiger partial charge in [0.25, 0.3) is 0 Å². The van der Waals surface area contributed by atoms with Gasteiger partial charge in [0.15, 0.2) is 0 Å². The van der Waals surface area contributed by atoms with Crippen LogP contribution in [-0.4, -0.2) is 15.5 Å². The third-order valence-corrected chi connectivity index (χ3v) is 6.38. The largest absolute Gasteiger partial charge is 0.322 e. The Bertz CT molecular complexity index is 1310. The highest BCUT2D eigenvalue weighted by atomic mass is 35.5. The molecule has 5 heteroatoms. The van der Waals surface area contributed by atoms with Gasteiger partial charge < -0.3 is 14.8 Å². The van der Waals surface area contributed by atoms with Crippen molar-refractivity contribution < 1.29 is 4.79 Å². The first-order chi connectivity index (χ1) is 15.5. The molecule has 0 saturated carbocycles. The Labute approximate surface area is 193 Å². The molecule has 3 aromatic carbocycles. The average molecular weight is 442 g/mol. The topological polar surface area (TPSA) is 37.3 Å². The van der Waals surface area contributed by atoms with Crippen LogP contribution in [-0.2, 0) is 6.54 Å². The van der Waals surface area contributed by atoms with Gasteiger partial charge in [0, 0.05) is 22.6 Å². The van der Waals surface area contributed by atoms with Gasteiger partial charge in [-0.15, -0.1) is 0 Å². The standard InChI is InChI=1S/C27H24ClN3O/c1-18-8-3-5-10-22(18)26-25-12-7-15-30(25)24-11-6-4-9-20(24)17-31(26)27(32)29-23-16-21(28)14-13-19(23)2/h3-16,26H,17H2,1-2H3,(H,29,32)/t26-/m1/s1. The van der Waals surface area contributed by atoms with Gasteiger partial charge in [-0.1, -0.05) is 60.1 Å². The molecular formula is C27H24ClN3O. The van der Waals surface area contributed by atoms with Crippen molar-refractivity contribution in [1.82, 2.24) is 9.47 Å². The van der Waals surface area contributed by atoms with E-state index in [1.807, 2.05) is 54.3 Å². The molecule has 0 bridgehead atoms. The molecule has 0 saturated heterocycles. The van der Waals surface area contributed by atoms with Crippen LogP contribution in [0.25, 0.3) is 5.69 Å². The predicted molar refractivity (Wildman–Crippen MR) is 130 cm³/mol. The molecule has 1 aliphatic rings. The second-order valence-electron chi connectivity index (χ2n) is 8.21. The molecule has 0 aliphatic carbocycles. The number of fused-ring (bicyclic) bond motifs is 3. The smallest absolute Gasteiger partial charge is 0.318 e. The molecular weight excluding hydrogens is 418 g/mol. The van der Waals surface area contributed by atoms with Crippen LogP contribution in [0.1, 0.15) is 34.0 Å². The molecule has 0 unspecified atom stereocenters. The molecule has 1 aromatic heterocycles. The van der Waals surface area contributed by atoms with Crippen molar-refractivity contribution in [3.05, 3.63) is 118 Å². The zero-order valence-electron chi connectivity index (χ0n) is 18.0. The lowest BCUT2D eigenvalue weighted by Gasteiger charge is -2.32. The molecule has 0 spiro atoms. The Morgan fingerprint density at radius 3 is 2.56 bits per heavy atom. The zero-order chi connectivity index (χ0) is 22.2. The Morgan fingerprint density at radius 1 is 0.938 bits per heavy atom. The van der Waals surface area contributed by atoms with E-state index in [1.165, 1.54) is 0 Å². The number of amides is 2. The molecule has 1 atom stereocenters. The Morgan fingerprint density at radius 2 is 1.72 bits per heavy atom. The van der Waals surface area contributed by atoms with Gasteiger partial charge in [0.05, 0.1) is 12.2 Å². The maximum atomic E-state index is 13.8. The second kappa shape index (κ2) is 8.21. The normalized spacial score (nSPS) is 15.0. The number of carbonyl (C=O) groups is 1. The van der Waals surface area contributed by atoms with Crippen molar-refractivity contribution in [3.63, 3.8) is 0 Å². The maximum absolute atomic E-state index is 13.8. The summed E-state index contributed by atoms with van der Waals surface area (Å²) in [7, 11) is 0. The summed E-state index contributed by atoms with van der Waals surface area (Å²) in [5.74, 6) is 0. The van der Waals surface area contributed by atoms with Crippen molar-refractivity contribution in [1.29, 1.82) is 0 Å². The predicted octanol–water partition coefficient (Wildman–Crippen LogP) is 6.88. The fraction of sp³-hybridized carbons (Fsp3) is 0.148. The molecule has 4 aromatic rings. The molecule has 2 heterocycles. The fourth-order valence-corrected chi connectivity index (χ4v) is 4.65. The summed E-state index contributed by atoms with van der Waals surface area (Å²) in [6.07, 6.45) is 2.07. The van der Waals surface area contributed by atoms with Crippen LogP contribution in [0, 0.1) is 13.8 Å². The van der Waals surface area contributed by atoms with E-state index in [0.29, 0.717) is 11.6 Å². The average Bonchev–Trinajstić information content (AvgIpc) is 3.21. The first-order valence-electron chi connectivity index (χ1n) is 10.7. The number of para-hydroxylation sites is 1. The summed E-state index contributed by atoms with van der Waals surface area (Å²) in [6, 6.07) is 25.8. The van der Waals surface area contributed by atoms with Crippen molar-refractivity contribution in [2.24, 2.45) is 0 Å². The van der Waals surface area contributed by atoms with E-state index >= 15 is 0 Å². The number of anilines is 1. The fourth-order valence-electron chi connectivity index (χ4n) is 4.48. The van der Waals surface area contributed by atoms with Gasteiger partial charge in [-0.25, -0.2) is 4.79 Å². The summed E-state index contributed by atoms with van der Waals surface area (Å²) >= 11 is 6.21. The second-order valence-corrected chi connectivity index (χ2v) is 8.64. The van der Waals surface area contributed by atoms with Crippen LogP contribution < -0.4 is 5.32 Å². The van der Waals surface area contributed by atoms with E-state index in [1.54, 1.807) is 6.07 Å². The molecule has 0 radical (unpaired) electrons. The molecule has 32 heavy (non-hydrogen) atoms. The molecule has 2 amide bonds. The lowest BCUT2D eigenvalue weighted by molar-refractivity contribution is 0.194. The summed E-state index contributed by atoms with van der Waals surface area (Å²) in [5.41, 5.74) is 7.19. The van der Waals surface area contributed by atoms with Gasteiger partial charge in [0.1, 0.15) is 6.04 Å². The molecule has 160 valence electrons. The number of aryl methyl sites for hydroxylation is 2. The number of aromatic nitrogens is 1. The number of halogens is 1. The summed E-state index contributed by atoms with van der Waals surface area (Å²) in [5, 5.41) is 3.71. The molecule has 1 N–H and O–H groups in total. The lowest BCUT2D eigenvalue weighted by atomic mass is 9.97. The zero-order valence-corrected chi connectivity index (χ0v) is 18.8. The Hall–Kier alpha value is -3.50. The molecule has 4 nitrogen and oxygen atoms in total. The van der Waals surface area contributed by atoms with E-state index in [2.05, 4.69) is 53.3 Å². The maximum Gasteiger partial charge on any atom is 0.322 e. The van der Waals surface area contributed by atoms with Gasteiger partial charge in [0.2, 0.25) is 0 Å². The SMILES string of the molecule is Cc1ccc(Cl)cc1NC(=O)N1Cc2ccccc2-n2cccc2[C@H]1c1ccccc1C. The third kappa shape index (κ3) is 3.57. The highest BCUT2D eigenvalue weighted by Crippen LogP contribution is 2.38. The minimum Gasteiger partial charge on any atom is -0.318 e. The summed E-state index contributed by atoms with van der Waals surface area (Å²) in [4.78, 5) is 15.7. The van der Waals surface area contributed by atoms with Crippen molar-refractivity contribution in [2.45, 2.75) is 26.4 Å². The van der Waals surface area contributed by atoms with Crippen LogP contribution in [0.4, 0.5) is 10.5 Å². The van der Waals surface area contributed by atoms with Crippen molar-refractivity contribution in [3.8, 4) is 5.69 Å². The number of hydrogen-bond acceptors (Lipinski definition) is 1.